The minimum atomic E-state index is -0.298. The Morgan fingerprint density at radius 3 is 2.27 bits per heavy atom. The van der Waals surface area contributed by atoms with Crippen LogP contribution in [0.5, 0.6) is 0 Å². The van der Waals surface area contributed by atoms with Crippen molar-refractivity contribution in [3.8, 4) is 23.2 Å². The molecular weight excluding hydrogens is 392 g/mol. The monoisotopic (exact) mass is 412 g/mol. The second-order valence-corrected chi connectivity index (χ2v) is 5.76. The number of aromatic nitrogens is 7. The van der Waals surface area contributed by atoms with Gasteiger partial charge < -0.3 is 19.5 Å². The number of rotatable bonds is 11. The zero-order chi connectivity index (χ0) is 21.0. The molecule has 0 fully saturated rings. The maximum atomic E-state index is 11.9. The molecule has 0 atom stereocenters. The first-order chi connectivity index (χ1) is 14.8. The van der Waals surface area contributed by atoms with E-state index in [-0.39, 0.29) is 24.2 Å². The first-order valence-corrected chi connectivity index (χ1v) is 9.02. The Kier molecular flexibility index (Phi) is 8.14. The molecule has 1 amide bonds. The SMILES string of the molecule is COCCOCCOCC(=O)Nc1ccc(-c2nnc(-c3ncccn3)nn2)nc1. The van der Waals surface area contributed by atoms with Crippen molar-refractivity contribution in [2.75, 3.05) is 45.5 Å². The lowest BCUT2D eigenvalue weighted by molar-refractivity contribution is -0.121. The summed E-state index contributed by atoms with van der Waals surface area (Å²) in [6.45, 7) is 1.63. The van der Waals surface area contributed by atoms with Crippen molar-refractivity contribution in [3.63, 3.8) is 0 Å². The van der Waals surface area contributed by atoms with Crippen LogP contribution in [0.25, 0.3) is 23.2 Å². The number of hydrogen-bond donors (Lipinski definition) is 1. The Morgan fingerprint density at radius 2 is 1.57 bits per heavy atom. The number of hydrogen-bond acceptors (Lipinski definition) is 11. The van der Waals surface area contributed by atoms with E-state index < -0.39 is 0 Å². The topological polar surface area (TPSA) is 147 Å². The summed E-state index contributed by atoms with van der Waals surface area (Å²) in [7, 11) is 1.60. The highest BCUT2D eigenvalue weighted by atomic mass is 16.5. The number of carbonyl (C=O) groups excluding carboxylic acids is 1. The fourth-order valence-corrected chi connectivity index (χ4v) is 2.16. The average Bonchev–Trinajstić information content (AvgIpc) is 2.80. The highest BCUT2D eigenvalue weighted by Crippen LogP contribution is 2.14. The minimum Gasteiger partial charge on any atom is -0.382 e. The summed E-state index contributed by atoms with van der Waals surface area (Å²) in [6.07, 6.45) is 4.64. The van der Waals surface area contributed by atoms with E-state index >= 15 is 0 Å². The predicted octanol–water partition coefficient (Wildman–Crippen LogP) is 0.404. The zero-order valence-corrected chi connectivity index (χ0v) is 16.3. The van der Waals surface area contributed by atoms with Crippen molar-refractivity contribution in [3.05, 3.63) is 36.8 Å². The van der Waals surface area contributed by atoms with Crippen LogP contribution < -0.4 is 5.32 Å². The lowest BCUT2D eigenvalue weighted by Gasteiger charge is -2.07. The van der Waals surface area contributed by atoms with Crippen molar-refractivity contribution in [1.82, 2.24) is 35.3 Å². The molecule has 0 aliphatic carbocycles. The maximum absolute atomic E-state index is 11.9. The van der Waals surface area contributed by atoms with Gasteiger partial charge in [-0.2, -0.15) is 0 Å². The third-order valence-corrected chi connectivity index (χ3v) is 3.56. The van der Waals surface area contributed by atoms with E-state index in [1.165, 1.54) is 6.20 Å². The van der Waals surface area contributed by atoms with E-state index in [2.05, 4.69) is 40.7 Å². The van der Waals surface area contributed by atoms with Crippen LogP contribution in [0, 0.1) is 0 Å². The van der Waals surface area contributed by atoms with Gasteiger partial charge in [-0.1, -0.05) is 0 Å². The number of methoxy groups -OCH3 is 1. The van der Waals surface area contributed by atoms with Gasteiger partial charge in [0.25, 0.3) is 0 Å². The van der Waals surface area contributed by atoms with E-state index in [1.54, 1.807) is 37.7 Å². The third-order valence-electron chi connectivity index (χ3n) is 3.56. The lowest BCUT2D eigenvalue weighted by atomic mass is 10.3. The van der Waals surface area contributed by atoms with Crippen molar-refractivity contribution < 1.29 is 19.0 Å². The van der Waals surface area contributed by atoms with Crippen molar-refractivity contribution in [1.29, 1.82) is 0 Å². The summed E-state index contributed by atoms with van der Waals surface area (Å²) in [6, 6.07) is 5.01. The first-order valence-electron chi connectivity index (χ1n) is 9.02. The zero-order valence-electron chi connectivity index (χ0n) is 16.3. The van der Waals surface area contributed by atoms with Gasteiger partial charge in [0.05, 0.1) is 38.3 Å². The van der Waals surface area contributed by atoms with Crippen LogP contribution in [0.4, 0.5) is 5.69 Å². The number of ether oxygens (including phenoxy) is 3. The Morgan fingerprint density at radius 1 is 0.867 bits per heavy atom. The molecule has 1 N–H and O–H groups in total. The van der Waals surface area contributed by atoms with E-state index in [0.29, 0.717) is 43.6 Å². The Labute approximate surface area is 172 Å². The van der Waals surface area contributed by atoms with Gasteiger partial charge in [0, 0.05) is 19.5 Å². The van der Waals surface area contributed by atoms with Gasteiger partial charge in [0.15, 0.2) is 0 Å². The van der Waals surface area contributed by atoms with Crippen LogP contribution in [0.3, 0.4) is 0 Å². The number of amides is 1. The number of pyridine rings is 1. The molecule has 3 heterocycles. The third kappa shape index (κ3) is 6.55. The average molecular weight is 412 g/mol. The molecule has 0 bridgehead atoms. The summed E-state index contributed by atoms with van der Waals surface area (Å²) in [4.78, 5) is 24.2. The second-order valence-electron chi connectivity index (χ2n) is 5.76. The van der Waals surface area contributed by atoms with E-state index in [4.69, 9.17) is 14.2 Å². The predicted molar refractivity (Wildman–Crippen MR) is 104 cm³/mol. The first kappa shape index (κ1) is 21.2. The lowest BCUT2D eigenvalue weighted by Crippen LogP contribution is -2.20. The molecule has 30 heavy (non-hydrogen) atoms. The van der Waals surface area contributed by atoms with E-state index in [9.17, 15) is 4.79 Å². The molecule has 0 saturated carbocycles. The minimum absolute atomic E-state index is 0.0879. The van der Waals surface area contributed by atoms with Crippen LogP contribution in [0.2, 0.25) is 0 Å². The molecule has 3 aromatic heterocycles. The standard InChI is InChI=1S/C18H20N8O4/c1-28-7-8-29-9-10-30-12-15(27)22-13-3-4-14(21-11-13)16-23-25-18(26-24-16)17-19-5-2-6-20-17/h2-6,11H,7-10,12H2,1H3,(H,22,27). The quantitative estimate of drug-likeness (QED) is 0.436. The van der Waals surface area contributed by atoms with Gasteiger partial charge in [0.1, 0.15) is 12.3 Å². The number of nitrogens with one attached hydrogen (secondary N) is 1. The number of anilines is 1. The molecule has 3 rings (SSSR count). The molecule has 0 aromatic carbocycles. The molecule has 12 nitrogen and oxygen atoms in total. The Balaban J connectivity index is 1.46. The highest BCUT2D eigenvalue weighted by Gasteiger charge is 2.10. The molecule has 0 spiro atoms. The summed E-state index contributed by atoms with van der Waals surface area (Å²) in [5.74, 6) is 0.490. The van der Waals surface area contributed by atoms with Crippen molar-refractivity contribution in [2.45, 2.75) is 0 Å². The second kappa shape index (κ2) is 11.5. The summed E-state index contributed by atoms with van der Waals surface area (Å²) in [5.41, 5.74) is 0.969. The van der Waals surface area contributed by atoms with Crippen LogP contribution in [0.1, 0.15) is 0 Å². The molecule has 0 aliphatic heterocycles. The largest absolute Gasteiger partial charge is 0.382 e. The normalized spacial score (nSPS) is 10.7. The molecule has 0 aliphatic rings. The molecule has 12 heteroatoms. The van der Waals surface area contributed by atoms with Crippen LogP contribution in [0.15, 0.2) is 36.8 Å². The molecule has 0 saturated heterocycles. The molecule has 156 valence electrons. The molecular formula is C18H20N8O4. The summed E-state index contributed by atoms with van der Waals surface area (Å²) >= 11 is 0. The van der Waals surface area contributed by atoms with Gasteiger partial charge in [-0.15, -0.1) is 20.4 Å². The van der Waals surface area contributed by atoms with E-state index in [1.807, 2.05) is 0 Å². The summed E-state index contributed by atoms with van der Waals surface area (Å²) < 4.78 is 15.3. The number of nitrogens with zero attached hydrogens (tertiary/aromatic N) is 7. The van der Waals surface area contributed by atoms with Gasteiger partial charge in [0.2, 0.25) is 23.4 Å². The van der Waals surface area contributed by atoms with Gasteiger partial charge in [-0.05, 0) is 18.2 Å². The van der Waals surface area contributed by atoms with Crippen LogP contribution >= 0.6 is 0 Å². The fourth-order valence-electron chi connectivity index (χ4n) is 2.16. The molecule has 0 radical (unpaired) electrons. The van der Waals surface area contributed by atoms with Gasteiger partial charge in [-0.3, -0.25) is 9.78 Å². The fraction of sp³-hybridized carbons (Fsp3) is 0.333. The number of carbonyl (C=O) groups is 1. The molecule has 0 unspecified atom stereocenters. The van der Waals surface area contributed by atoms with Gasteiger partial charge in [-0.25, -0.2) is 9.97 Å². The van der Waals surface area contributed by atoms with Crippen molar-refractivity contribution >= 4 is 11.6 Å². The van der Waals surface area contributed by atoms with Gasteiger partial charge >= 0.3 is 0 Å². The highest BCUT2D eigenvalue weighted by molar-refractivity contribution is 5.91. The maximum Gasteiger partial charge on any atom is 0.250 e. The van der Waals surface area contributed by atoms with Crippen LogP contribution in [-0.4, -0.2) is 81.4 Å². The van der Waals surface area contributed by atoms with Crippen molar-refractivity contribution in [2.24, 2.45) is 0 Å². The van der Waals surface area contributed by atoms with Crippen LogP contribution in [-0.2, 0) is 19.0 Å². The Hall–Kier alpha value is -3.48. The smallest absolute Gasteiger partial charge is 0.250 e. The summed E-state index contributed by atoms with van der Waals surface area (Å²) in [5, 5.41) is 18.6. The van der Waals surface area contributed by atoms with E-state index in [0.717, 1.165) is 0 Å². The molecule has 3 aromatic rings. The Bertz CT molecular complexity index is 910.